The summed E-state index contributed by atoms with van der Waals surface area (Å²) in [6.07, 6.45) is 4.36. The van der Waals surface area contributed by atoms with Crippen LogP contribution in [-0.2, 0) is 6.42 Å². The first-order chi connectivity index (χ1) is 16.5. The third-order valence-electron chi connectivity index (χ3n) is 7.00. The van der Waals surface area contributed by atoms with Crippen LogP contribution in [0.5, 0.6) is 0 Å². The van der Waals surface area contributed by atoms with Crippen LogP contribution in [0.4, 0.5) is 14.9 Å². The zero-order valence-corrected chi connectivity index (χ0v) is 19.9. The molecule has 3 N–H and O–H groups in total. The minimum atomic E-state index is -0.243. The van der Waals surface area contributed by atoms with E-state index >= 15 is 0 Å². The normalized spacial score (nSPS) is 23.3. The number of ketones is 1. The van der Waals surface area contributed by atoms with Gasteiger partial charge in [-0.2, -0.15) is 0 Å². The fourth-order valence-electron chi connectivity index (χ4n) is 5.22. The molecular formula is C27H35FN4O2. The number of nitrogens with one attached hydrogen (secondary N) is 3. The highest BCUT2D eigenvalue weighted by atomic mass is 19.1. The Hall–Kier alpha value is -2.77. The molecule has 0 radical (unpaired) electrons. The maximum atomic E-state index is 13.2. The minimum Gasteiger partial charge on any atom is -0.334 e. The summed E-state index contributed by atoms with van der Waals surface area (Å²) in [5, 5.41) is 9.43. The number of likely N-dealkylation sites (tertiary alicyclic amines) is 1. The number of amides is 2. The highest BCUT2D eigenvalue weighted by Gasteiger charge is 2.30. The van der Waals surface area contributed by atoms with E-state index in [0.29, 0.717) is 23.1 Å². The van der Waals surface area contributed by atoms with Crippen LogP contribution in [0.25, 0.3) is 0 Å². The van der Waals surface area contributed by atoms with Gasteiger partial charge in [0.2, 0.25) is 0 Å². The topological polar surface area (TPSA) is 73.5 Å². The molecule has 2 saturated heterocycles. The standard InChI is InChI=1S/C27H35FN4O2/c1-19(33)22-5-2-6-25(15-22)30-27(34)31-26-16-29-12-11-23(26)18-32-13-3-4-21(17-32)14-20-7-9-24(28)10-8-20/h2,5-10,15,21,23,26,29H,3-4,11-14,16-18H2,1H3,(H2,30,31,34)/t21?,23-,26-/m0/s1. The monoisotopic (exact) mass is 466 g/mol. The number of benzene rings is 2. The zero-order valence-electron chi connectivity index (χ0n) is 19.9. The summed E-state index contributed by atoms with van der Waals surface area (Å²) < 4.78 is 13.2. The third kappa shape index (κ3) is 6.87. The van der Waals surface area contributed by atoms with Crippen molar-refractivity contribution in [3.05, 3.63) is 65.5 Å². The first-order valence-electron chi connectivity index (χ1n) is 12.3. The zero-order chi connectivity index (χ0) is 23.9. The molecule has 6 nitrogen and oxygen atoms in total. The largest absolute Gasteiger partial charge is 0.334 e. The van der Waals surface area contributed by atoms with Gasteiger partial charge in [0.15, 0.2) is 5.78 Å². The molecule has 4 rings (SSSR count). The van der Waals surface area contributed by atoms with Gasteiger partial charge in [-0.25, -0.2) is 9.18 Å². The molecule has 0 aliphatic carbocycles. The molecule has 34 heavy (non-hydrogen) atoms. The van der Waals surface area contributed by atoms with E-state index in [1.54, 1.807) is 36.4 Å². The van der Waals surface area contributed by atoms with Crippen molar-refractivity contribution in [2.75, 3.05) is 38.0 Å². The van der Waals surface area contributed by atoms with Crippen molar-refractivity contribution in [2.24, 2.45) is 11.8 Å². The van der Waals surface area contributed by atoms with Crippen molar-refractivity contribution in [1.82, 2.24) is 15.5 Å². The predicted molar refractivity (Wildman–Crippen MR) is 133 cm³/mol. The van der Waals surface area contributed by atoms with E-state index < -0.39 is 0 Å². The number of rotatable bonds is 7. The number of hydrogen-bond acceptors (Lipinski definition) is 4. The van der Waals surface area contributed by atoms with Gasteiger partial charge in [-0.15, -0.1) is 0 Å². The van der Waals surface area contributed by atoms with Crippen LogP contribution in [0.15, 0.2) is 48.5 Å². The second-order valence-electron chi connectivity index (χ2n) is 9.69. The molecular weight excluding hydrogens is 431 g/mol. The second kappa shape index (κ2) is 11.6. The molecule has 2 aromatic carbocycles. The molecule has 2 amide bonds. The van der Waals surface area contributed by atoms with Crippen molar-refractivity contribution < 1.29 is 14.0 Å². The molecule has 2 fully saturated rings. The highest BCUT2D eigenvalue weighted by Crippen LogP contribution is 2.24. The average Bonchev–Trinajstić information content (AvgIpc) is 2.82. The van der Waals surface area contributed by atoms with Crippen molar-refractivity contribution in [3.63, 3.8) is 0 Å². The lowest BCUT2D eigenvalue weighted by Gasteiger charge is -2.39. The van der Waals surface area contributed by atoms with Crippen molar-refractivity contribution >= 4 is 17.5 Å². The van der Waals surface area contributed by atoms with Crippen LogP contribution in [0.3, 0.4) is 0 Å². The summed E-state index contributed by atoms with van der Waals surface area (Å²) in [4.78, 5) is 26.9. The Morgan fingerprint density at radius 1 is 1.15 bits per heavy atom. The van der Waals surface area contributed by atoms with E-state index in [9.17, 15) is 14.0 Å². The van der Waals surface area contributed by atoms with Gasteiger partial charge in [-0.3, -0.25) is 4.79 Å². The van der Waals surface area contributed by atoms with Gasteiger partial charge in [0, 0.05) is 36.9 Å². The smallest absolute Gasteiger partial charge is 0.319 e. The summed E-state index contributed by atoms with van der Waals surface area (Å²) >= 11 is 0. The molecule has 0 spiro atoms. The maximum Gasteiger partial charge on any atom is 0.319 e. The van der Waals surface area contributed by atoms with Gasteiger partial charge in [0.05, 0.1) is 0 Å². The Labute approximate surface area is 201 Å². The lowest BCUT2D eigenvalue weighted by Crippen LogP contribution is -2.55. The van der Waals surface area contributed by atoms with Crippen molar-refractivity contribution in [3.8, 4) is 0 Å². The van der Waals surface area contributed by atoms with E-state index in [2.05, 4.69) is 20.9 Å². The molecule has 0 bridgehead atoms. The molecule has 2 aliphatic rings. The number of nitrogens with zero attached hydrogens (tertiary/aromatic N) is 1. The number of Topliss-reactive ketones (excluding diaryl/α,β-unsaturated/α-hetero) is 1. The van der Waals surface area contributed by atoms with Gasteiger partial charge in [-0.05, 0) is 87.4 Å². The van der Waals surface area contributed by atoms with Crippen LogP contribution in [0.1, 0.15) is 42.1 Å². The summed E-state index contributed by atoms with van der Waals surface area (Å²) in [7, 11) is 0. The fraction of sp³-hybridized carbons (Fsp3) is 0.481. The summed E-state index contributed by atoms with van der Waals surface area (Å²) in [6, 6.07) is 13.7. The maximum absolute atomic E-state index is 13.2. The Kier molecular flexibility index (Phi) is 8.29. The Balaban J connectivity index is 1.30. The summed E-state index contributed by atoms with van der Waals surface area (Å²) in [5.74, 6) is 0.734. The molecule has 1 unspecified atom stereocenters. The van der Waals surface area contributed by atoms with E-state index in [1.165, 1.54) is 25.3 Å². The Morgan fingerprint density at radius 2 is 1.97 bits per heavy atom. The molecule has 0 aromatic heterocycles. The molecule has 0 saturated carbocycles. The lowest BCUT2D eigenvalue weighted by molar-refractivity contribution is 0.101. The quantitative estimate of drug-likeness (QED) is 0.538. The van der Waals surface area contributed by atoms with Crippen molar-refractivity contribution in [2.45, 2.75) is 38.6 Å². The minimum absolute atomic E-state index is 0.0279. The van der Waals surface area contributed by atoms with Crippen LogP contribution < -0.4 is 16.0 Å². The number of anilines is 1. The SMILES string of the molecule is CC(=O)c1cccc(NC(=O)N[C@H]2CNCC[C@H]2CN2CCCC(Cc3ccc(F)cc3)C2)c1. The lowest BCUT2D eigenvalue weighted by atomic mass is 9.88. The number of piperidine rings is 2. The first kappa shape index (κ1) is 24.4. The third-order valence-corrected chi connectivity index (χ3v) is 7.00. The molecule has 2 aliphatic heterocycles. The van der Waals surface area contributed by atoms with E-state index in [4.69, 9.17) is 0 Å². The summed E-state index contributed by atoms with van der Waals surface area (Å²) in [5.41, 5.74) is 2.39. The average molecular weight is 467 g/mol. The van der Waals surface area contributed by atoms with Gasteiger partial charge in [0.1, 0.15) is 5.82 Å². The highest BCUT2D eigenvalue weighted by molar-refractivity contribution is 5.96. The number of carbonyl (C=O) groups excluding carboxylic acids is 2. The predicted octanol–water partition coefficient (Wildman–Crippen LogP) is 4.08. The molecule has 2 aromatic rings. The van der Waals surface area contributed by atoms with Crippen LogP contribution in [0, 0.1) is 17.7 Å². The van der Waals surface area contributed by atoms with E-state index in [0.717, 1.165) is 45.6 Å². The number of halogens is 1. The van der Waals surface area contributed by atoms with Gasteiger partial charge >= 0.3 is 6.03 Å². The van der Waals surface area contributed by atoms with Gasteiger partial charge in [0.25, 0.3) is 0 Å². The van der Waals surface area contributed by atoms with E-state index in [-0.39, 0.29) is 23.7 Å². The molecule has 2 heterocycles. The first-order valence-corrected chi connectivity index (χ1v) is 12.3. The Bertz CT molecular complexity index is 981. The second-order valence-corrected chi connectivity index (χ2v) is 9.69. The molecule has 182 valence electrons. The van der Waals surface area contributed by atoms with Crippen LogP contribution in [0.2, 0.25) is 0 Å². The fourth-order valence-corrected chi connectivity index (χ4v) is 5.22. The molecule has 3 atom stereocenters. The van der Waals surface area contributed by atoms with Gasteiger partial charge < -0.3 is 20.9 Å². The molecule has 7 heteroatoms. The number of carbonyl (C=O) groups is 2. The van der Waals surface area contributed by atoms with E-state index in [1.807, 2.05) is 12.1 Å². The Morgan fingerprint density at radius 3 is 2.76 bits per heavy atom. The van der Waals surface area contributed by atoms with Gasteiger partial charge in [-0.1, -0.05) is 24.3 Å². The van der Waals surface area contributed by atoms with Crippen LogP contribution in [-0.4, -0.2) is 55.5 Å². The number of urea groups is 1. The van der Waals surface area contributed by atoms with Crippen LogP contribution >= 0.6 is 0 Å². The summed E-state index contributed by atoms with van der Waals surface area (Å²) in [6.45, 7) is 6.31. The number of hydrogen-bond donors (Lipinski definition) is 3. The van der Waals surface area contributed by atoms with Crippen molar-refractivity contribution in [1.29, 1.82) is 0 Å².